The molecule has 172 valence electrons. The summed E-state index contributed by atoms with van der Waals surface area (Å²) in [5.41, 5.74) is 1.63. The third-order valence-electron chi connectivity index (χ3n) is 4.78. The van der Waals surface area contributed by atoms with Crippen LogP contribution in [0.5, 0.6) is 0 Å². The van der Waals surface area contributed by atoms with Gasteiger partial charge in [-0.25, -0.2) is 0 Å². The molecule has 0 aromatic heterocycles. The largest absolute Gasteiger partial charge is 0.550 e. The minimum absolute atomic E-state index is 0.326. The predicted octanol–water partition coefficient (Wildman–Crippen LogP) is 2.44. The first-order valence-corrected chi connectivity index (χ1v) is 12.4. The Morgan fingerprint density at radius 3 is 2.10 bits per heavy atom. The Kier molecular flexibility index (Phi) is 11.4. The molecule has 30 heavy (non-hydrogen) atoms. The van der Waals surface area contributed by atoms with Gasteiger partial charge in [0, 0.05) is 18.1 Å². The molecular weight excluding hydrogens is 402 g/mol. The number of carbonyl (C=O) groups excluding carboxylic acids is 1. The lowest BCUT2D eigenvalue weighted by Gasteiger charge is -2.29. The van der Waals surface area contributed by atoms with E-state index >= 15 is 0 Å². The van der Waals surface area contributed by atoms with Crippen LogP contribution in [-0.4, -0.2) is 52.6 Å². The summed E-state index contributed by atoms with van der Waals surface area (Å²) < 4.78 is 30.2. The van der Waals surface area contributed by atoms with Crippen molar-refractivity contribution in [1.82, 2.24) is 4.72 Å². The molecule has 1 aromatic carbocycles. The van der Waals surface area contributed by atoms with Crippen molar-refractivity contribution in [3.63, 3.8) is 0 Å². The first-order chi connectivity index (χ1) is 14.0. The van der Waals surface area contributed by atoms with E-state index in [0.717, 1.165) is 12.8 Å². The summed E-state index contributed by atoms with van der Waals surface area (Å²) in [5, 5.41) is 11.0. The second-order valence-electron chi connectivity index (χ2n) is 9.04. The molecule has 0 aliphatic carbocycles. The maximum Gasteiger partial charge on any atom is 0.299 e. The molecule has 1 aromatic rings. The highest BCUT2D eigenvalue weighted by atomic mass is 32.2. The summed E-state index contributed by atoms with van der Waals surface area (Å²) in [5.74, 6) is -1.29. The molecule has 1 unspecified atom stereocenters. The maximum absolute atomic E-state index is 12.4. The number of rotatable bonds is 16. The number of unbranched alkanes of at least 4 members (excludes halogenated alkanes) is 6. The van der Waals surface area contributed by atoms with Crippen LogP contribution in [-0.2, 0) is 21.4 Å². The van der Waals surface area contributed by atoms with Gasteiger partial charge in [0.2, 0.25) is 0 Å². The number of aryl methyl sites for hydroxylation is 1. The molecule has 2 N–H and O–H groups in total. The fraction of sp³-hybridized carbons (Fsp3) is 0.682. The number of benzene rings is 1. The number of carboxylic acids is 1. The lowest BCUT2D eigenvalue weighted by molar-refractivity contribution is -0.871. The Labute approximate surface area is 182 Å². The Bertz CT molecular complexity index is 728. The van der Waals surface area contributed by atoms with Crippen LogP contribution in [0.2, 0.25) is 0 Å². The van der Waals surface area contributed by atoms with Gasteiger partial charge in [0.05, 0.1) is 33.7 Å². The van der Waals surface area contributed by atoms with E-state index in [4.69, 9.17) is 0 Å². The molecule has 0 saturated carbocycles. The average Bonchev–Trinajstić information content (AvgIpc) is 2.59. The zero-order chi connectivity index (χ0) is 22.6. The lowest BCUT2D eigenvalue weighted by Crippen LogP contribution is -2.51. The third kappa shape index (κ3) is 12.8. The van der Waals surface area contributed by atoms with Gasteiger partial charge in [-0.1, -0.05) is 57.6 Å². The number of quaternary nitrogens is 1. The van der Waals surface area contributed by atoms with E-state index in [1.54, 1.807) is 12.1 Å². The zero-order valence-electron chi connectivity index (χ0n) is 18.9. The van der Waals surface area contributed by atoms with Crippen LogP contribution in [0.1, 0.15) is 63.9 Å². The van der Waals surface area contributed by atoms with Gasteiger partial charge in [0.25, 0.3) is 10.2 Å². The smallest absolute Gasteiger partial charge is 0.299 e. The highest BCUT2D eigenvalue weighted by Gasteiger charge is 2.23. The molecule has 0 amide bonds. The van der Waals surface area contributed by atoms with Gasteiger partial charge >= 0.3 is 0 Å². The number of likely N-dealkylation sites (N-methyl/N-ethyl adjacent to an activating group) is 1. The number of nitrogens with zero attached hydrogens (tertiary/aromatic N) is 1. The third-order valence-corrected chi connectivity index (χ3v) is 5.93. The van der Waals surface area contributed by atoms with Gasteiger partial charge in [-0.2, -0.15) is 13.1 Å². The molecule has 8 heteroatoms. The number of hydrogen-bond donors (Lipinski definition) is 2. The van der Waals surface area contributed by atoms with E-state index in [2.05, 4.69) is 16.4 Å². The first kappa shape index (κ1) is 26.4. The van der Waals surface area contributed by atoms with Crippen molar-refractivity contribution >= 4 is 21.9 Å². The van der Waals surface area contributed by atoms with E-state index in [0.29, 0.717) is 16.7 Å². The molecule has 0 spiro atoms. The van der Waals surface area contributed by atoms with E-state index < -0.39 is 22.2 Å². The number of hydrogen-bond acceptors (Lipinski definition) is 4. The first-order valence-electron chi connectivity index (χ1n) is 10.9. The molecular formula is C22H39N3O4S. The topological polar surface area (TPSA) is 98.3 Å². The number of carbonyl (C=O) groups is 1. The van der Waals surface area contributed by atoms with E-state index in [1.165, 1.54) is 44.1 Å². The Morgan fingerprint density at radius 1 is 1.00 bits per heavy atom. The van der Waals surface area contributed by atoms with Crippen LogP contribution in [0.4, 0.5) is 5.69 Å². The summed E-state index contributed by atoms with van der Waals surface area (Å²) in [6.45, 7) is 2.54. The van der Waals surface area contributed by atoms with Crippen LogP contribution in [0.25, 0.3) is 0 Å². The summed E-state index contributed by atoms with van der Waals surface area (Å²) >= 11 is 0. The summed E-state index contributed by atoms with van der Waals surface area (Å²) in [7, 11) is 1.71. The molecule has 0 aliphatic heterocycles. The van der Waals surface area contributed by atoms with E-state index in [-0.39, 0.29) is 6.42 Å². The summed E-state index contributed by atoms with van der Waals surface area (Å²) in [4.78, 5) is 11.0. The Morgan fingerprint density at radius 2 is 1.57 bits per heavy atom. The minimum Gasteiger partial charge on any atom is -0.550 e. The molecule has 0 bridgehead atoms. The average molecular weight is 442 g/mol. The van der Waals surface area contributed by atoms with Crippen LogP contribution in [0.15, 0.2) is 24.3 Å². The summed E-state index contributed by atoms with van der Waals surface area (Å²) in [6, 6.07) is 6.58. The molecule has 1 atom stereocenters. The molecule has 0 radical (unpaired) electrons. The molecule has 0 fully saturated rings. The maximum atomic E-state index is 12.4. The highest BCUT2D eigenvalue weighted by molar-refractivity contribution is 7.90. The van der Waals surface area contributed by atoms with Crippen LogP contribution >= 0.6 is 0 Å². The van der Waals surface area contributed by atoms with Gasteiger partial charge in [-0.05, 0) is 30.5 Å². The van der Waals surface area contributed by atoms with Gasteiger partial charge in [-0.15, -0.1) is 0 Å². The number of nitrogens with one attached hydrogen (secondary N) is 2. The lowest BCUT2D eigenvalue weighted by atomic mass is 10.0. The van der Waals surface area contributed by atoms with Gasteiger partial charge < -0.3 is 14.4 Å². The van der Waals surface area contributed by atoms with Crippen molar-refractivity contribution in [2.45, 2.75) is 70.8 Å². The zero-order valence-corrected chi connectivity index (χ0v) is 19.8. The molecule has 0 aliphatic rings. The minimum atomic E-state index is -3.90. The van der Waals surface area contributed by atoms with Gasteiger partial charge in [-0.3, -0.25) is 4.72 Å². The standard InChI is InChI=1S/C22H39N3O4S/c1-5-6-7-8-9-10-11-12-19-13-15-20(16-14-19)23-30(28,29)24-21(17-22(26)27)18-25(2,3)4/h13-16,21,23-24H,5-12,17-18H2,1-4H3. The molecule has 0 saturated heterocycles. The molecule has 0 heterocycles. The number of anilines is 1. The highest BCUT2D eigenvalue weighted by Crippen LogP contribution is 2.15. The van der Waals surface area contributed by atoms with Crippen molar-refractivity contribution in [3.8, 4) is 0 Å². The van der Waals surface area contributed by atoms with Crippen LogP contribution in [0.3, 0.4) is 0 Å². The Balaban J connectivity index is 2.53. The van der Waals surface area contributed by atoms with Crippen molar-refractivity contribution < 1.29 is 22.8 Å². The molecule has 1 rings (SSSR count). The van der Waals surface area contributed by atoms with Crippen LogP contribution in [0, 0.1) is 0 Å². The van der Waals surface area contributed by atoms with E-state index in [9.17, 15) is 18.3 Å². The van der Waals surface area contributed by atoms with Crippen molar-refractivity contribution in [1.29, 1.82) is 0 Å². The number of aliphatic carboxylic acids is 1. The number of carboxylic acid groups (broad SMARTS) is 1. The van der Waals surface area contributed by atoms with Gasteiger partial charge in [0.1, 0.15) is 0 Å². The normalized spacial score (nSPS) is 13.2. The Hall–Kier alpha value is -1.64. The van der Waals surface area contributed by atoms with Crippen molar-refractivity contribution in [2.24, 2.45) is 0 Å². The second-order valence-corrected chi connectivity index (χ2v) is 10.5. The summed E-state index contributed by atoms with van der Waals surface area (Å²) in [6.07, 6.45) is 9.41. The molecule has 7 nitrogen and oxygen atoms in total. The van der Waals surface area contributed by atoms with Crippen LogP contribution < -0.4 is 14.6 Å². The van der Waals surface area contributed by atoms with Gasteiger partial charge in [0.15, 0.2) is 0 Å². The fourth-order valence-corrected chi connectivity index (χ4v) is 4.54. The quantitative estimate of drug-likeness (QED) is 0.304. The SMILES string of the molecule is CCCCCCCCCc1ccc(NS(=O)(=O)NC(CC(=O)[O-])C[N+](C)(C)C)cc1. The van der Waals surface area contributed by atoms with Crippen molar-refractivity contribution in [2.75, 3.05) is 32.4 Å². The second kappa shape index (κ2) is 12.9. The monoisotopic (exact) mass is 441 g/mol. The fourth-order valence-electron chi connectivity index (χ4n) is 3.44. The van der Waals surface area contributed by atoms with E-state index in [1.807, 2.05) is 33.3 Å². The predicted molar refractivity (Wildman–Crippen MR) is 120 cm³/mol. The van der Waals surface area contributed by atoms with Crippen molar-refractivity contribution in [3.05, 3.63) is 29.8 Å².